The van der Waals surface area contributed by atoms with E-state index < -0.39 is 11.6 Å². The summed E-state index contributed by atoms with van der Waals surface area (Å²) in [5, 5.41) is 4.61. The summed E-state index contributed by atoms with van der Waals surface area (Å²) in [6.07, 6.45) is 1.65. The number of rotatable bonds is 3. The molecule has 0 bridgehead atoms. The minimum Gasteiger partial charge on any atom is -0.379 e. The van der Waals surface area contributed by atoms with Gasteiger partial charge < -0.3 is 5.32 Å². The molecule has 0 aliphatic heterocycles. The molecule has 0 aliphatic rings. The third-order valence-corrected chi connectivity index (χ3v) is 3.45. The number of thiazole rings is 1. The molecule has 4 nitrogen and oxygen atoms in total. The number of benzene rings is 1. The summed E-state index contributed by atoms with van der Waals surface area (Å²) in [6.45, 7) is 0.215. The Bertz CT molecular complexity index is 808. The number of nitrogens with zero attached hydrogens (tertiary/aromatic N) is 2. The average Bonchev–Trinajstić information content (AvgIpc) is 2.84. The van der Waals surface area contributed by atoms with E-state index in [1.54, 1.807) is 11.6 Å². The van der Waals surface area contributed by atoms with Crippen molar-refractivity contribution in [2.75, 3.05) is 5.32 Å². The van der Waals surface area contributed by atoms with E-state index in [1.807, 2.05) is 0 Å². The van der Waals surface area contributed by atoms with Crippen LogP contribution in [0.4, 0.5) is 14.5 Å². The Kier molecular flexibility index (Phi) is 3.19. The highest BCUT2D eigenvalue weighted by atomic mass is 32.1. The lowest BCUT2D eigenvalue weighted by Gasteiger charge is -2.06. The Balaban J connectivity index is 1.84. The molecule has 0 radical (unpaired) electrons. The predicted molar refractivity (Wildman–Crippen MR) is 73.0 cm³/mol. The average molecular weight is 293 g/mol. The van der Waals surface area contributed by atoms with Crippen molar-refractivity contribution >= 4 is 22.0 Å². The summed E-state index contributed by atoms with van der Waals surface area (Å²) in [4.78, 5) is 16.6. The van der Waals surface area contributed by atoms with Crippen molar-refractivity contribution < 1.29 is 8.78 Å². The first-order valence-electron chi connectivity index (χ1n) is 5.77. The fraction of sp³-hybridized carbons (Fsp3) is 0.0769. The molecule has 1 N–H and O–H groups in total. The number of anilines is 1. The molecule has 3 rings (SSSR count). The van der Waals surface area contributed by atoms with E-state index in [-0.39, 0.29) is 12.1 Å². The second-order valence-electron chi connectivity index (χ2n) is 4.15. The highest BCUT2D eigenvalue weighted by molar-refractivity contribution is 7.15. The van der Waals surface area contributed by atoms with E-state index in [0.29, 0.717) is 16.3 Å². The number of hydrogen-bond acceptors (Lipinski definition) is 4. The van der Waals surface area contributed by atoms with Gasteiger partial charge in [-0.3, -0.25) is 9.20 Å². The maximum Gasteiger partial charge on any atom is 0.258 e. The number of halogens is 2. The first-order valence-corrected chi connectivity index (χ1v) is 6.65. The molecule has 0 spiro atoms. The molecule has 0 amide bonds. The van der Waals surface area contributed by atoms with E-state index in [2.05, 4.69) is 10.3 Å². The minimum absolute atomic E-state index is 0.182. The smallest absolute Gasteiger partial charge is 0.258 e. The summed E-state index contributed by atoms with van der Waals surface area (Å²) in [5.74, 6) is -1.32. The monoisotopic (exact) mass is 293 g/mol. The molecule has 0 atom stereocenters. The summed E-state index contributed by atoms with van der Waals surface area (Å²) < 4.78 is 27.5. The molecule has 0 saturated heterocycles. The van der Waals surface area contributed by atoms with Crippen LogP contribution in [0.1, 0.15) is 5.69 Å². The van der Waals surface area contributed by atoms with Gasteiger partial charge in [0.2, 0.25) is 0 Å². The van der Waals surface area contributed by atoms with E-state index in [0.717, 1.165) is 6.07 Å². The van der Waals surface area contributed by atoms with Crippen molar-refractivity contribution in [3.05, 3.63) is 63.5 Å². The summed E-state index contributed by atoms with van der Waals surface area (Å²) in [5.41, 5.74) is 0.635. The van der Waals surface area contributed by atoms with Gasteiger partial charge >= 0.3 is 0 Å². The van der Waals surface area contributed by atoms with Gasteiger partial charge in [0.1, 0.15) is 11.6 Å². The third kappa shape index (κ3) is 2.53. The molecular formula is C13H9F2N3OS. The lowest BCUT2D eigenvalue weighted by atomic mass is 10.3. The lowest BCUT2D eigenvalue weighted by Crippen LogP contribution is -2.14. The molecule has 20 heavy (non-hydrogen) atoms. The van der Waals surface area contributed by atoms with Crippen molar-refractivity contribution in [3.8, 4) is 0 Å². The van der Waals surface area contributed by atoms with E-state index in [4.69, 9.17) is 0 Å². The molecule has 0 saturated carbocycles. The quantitative estimate of drug-likeness (QED) is 0.807. The SMILES string of the molecule is O=c1cc(CNc2cc(F)cc(F)c2)nc2sccn12. The highest BCUT2D eigenvalue weighted by Crippen LogP contribution is 2.14. The van der Waals surface area contributed by atoms with Crippen molar-refractivity contribution in [1.29, 1.82) is 0 Å². The Hall–Kier alpha value is -2.28. The molecule has 2 aromatic heterocycles. The van der Waals surface area contributed by atoms with Gasteiger partial charge in [-0.25, -0.2) is 13.8 Å². The molecule has 2 heterocycles. The van der Waals surface area contributed by atoms with Gasteiger partial charge in [0.05, 0.1) is 12.2 Å². The zero-order valence-electron chi connectivity index (χ0n) is 10.1. The zero-order valence-corrected chi connectivity index (χ0v) is 11.0. The van der Waals surface area contributed by atoms with Crippen molar-refractivity contribution in [2.24, 2.45) is 0 Å². The van der Waals surface area contributed by atoms with E-state index >= 15 is 0 Å². The van der Waals surface area contributed by atoms with Gasteiger partial charge in [0, 0.05) is 29.4 Å². The fourth-order valence-electron chi connectivity index (χ4n) is 1.83. The molecule has 102 valence electrons. The number of nitrogens with one attached hydrogen (secondary N) is 1. The first-order chi connectivity index (χ1) is 9.61. The molecule has 0 unspecified atom stereocenters. The number of hydrogen-bond donors (Lipinski definition) is 1. The Labute approximate surface area is 116 Å². The van der Waals surface area contributed by atoms with Crippen LogP contribution in [0, 0.1) is 11.6 Å². The van der Waals surface area contributed by atoms with Crippen LogP contribution in [0.3, 0.4) is 0 Å². The first kappa shape index (κ1) is 12.7. The number of fused-ring (bicyclic) bond motifs is 1. The number of aromatic nitrogens is 2. The Morgan fingerprint density at radius 2 is 1.95 bits per heavy atom. The van der Waals surface area contributed by atoms with Crippen LogP contribution in [0.5, 0.6) is 0 Å². The lowest BCUT2D eigenvalue weighted by molar-refractivity contribution is 0.584. The summed E-state index contributed by atoms with van der Waals surface area (Å²) in [6, 6.07) is 4.55. The van der Waals surface area contributed by atoms with Crippen LogP contribution in [0.15, 0.2) is 40.6 Å². The van der Waals surface area contributed by atoms with Crippen LogP contribution in [0.2, 0.25) is 0 Å². The van der Waals surface area contributed by atoms with Gasteiger partial charge in [0.15, 0.2) is 4.96 Å². The molecule has 1 aromatic carbocycles. The second-order valence-corrected chi connectivity index (χ2v) is 5.03. The van der Waals surface area contributed by atoms with Gasteiger partial charge in [-0.2, -0.15) is 0 Å². The zero-order chi connectivity index (χ0) is 14.1. The predicted octanol–water partition coefficient (Wildman–Crippen LogP) is 2.65. The fourth-order valence-corrected chi connectivity index (χ4v) is 2.57. The van der Waals surface area contributed by atoms with Gasteiger partial charge in [-0.15, -0.1) is 11.3 Å². The minimum atomic E-state index is -0.658. The van der Waals surface area contributed by atoms with Crippen molar-refractivity contribution in [1.82, 2.24) is 9.38 Å². The topological polar surface area (TPSA) is 46.4 Å². The second kappa shape index (κ2) is 5.01. The van der Waals surface area contributed by atoms with E-state index in [1.165, 1.54) is 33.9 Å². The largest absolute Gasteiger partial charge is 0.379 e. The van der Waals surface area contributed by atoms with Crippen LogP contribution < -0.4 is 10.9 Å². The van der Waals surface area contributed by atoms with Crippen LogP contribution in [-0.2, 0) is 6.54 Å². The van der Waals surface area contributed by atoms with Crippen LogP contribution in [0.25, 0.3) is 4.96 Å². The summed E-state index contributed by atoms with van der Waals surface area (Å²) >= 11 is 1.35. The molecule has 7 heteroatoms. The molecule has 0 fully saturated rings. The summed E-state index contributed by atoms with van der Waals surface area (Å²) in [7, 11) is 0. The normalized spacial score (nSPS) is 10.9. The molecular weight excluding hydrogens is 284 g/mol. The van der Waals surface area contributed by atoms with Crippen LogP contribution >= 0.6 is 11.3 Å². The van der Waals surface area contributed by atoms with Gasteiger partial charge in [-0.1, -0.05) is 0 Å². The van der Waals surface area contributed by atoms with Gasteiger partial charge in [-0.05, 0) is 12.1 Å². The molecule has 3 aromatic rings. The maximum absolute atomic E-state index is 13.0. The van der Waals surface area contributed by atoms with Crippen LogP contribution in [-0.4, -0.2) is 9.38 Å². The highest BCUT2D eigenvalue weighted by Gasteiger charge is 2.04. The Morgan fingerprint density at radius 3 is 2.70 bits per heavy atom. The Morgan fingerprint density at radius 1 is 1.20 bits per heavy atom. The molecule has 0 aliphatic carbocycles. The van der Waals surface area contributed by atoms with Crippen molar-refractivity contribution in [3.63, 3.8) is 0 Å². The third-order valence-electron chi connectivity index (χ3n) is 2.69. The van der Waals surface area contributed by atoms with Gasteiger partial charge in [0.25, 0.3) is 5.56 Å². The standard InChI is InChI=1S/C13H9F2N3OS/c14-8-3-9(15)5-10(4-8)16-7-11-6-12(19)18-1-2-20-13(18)17-11/h1-6,16H,7H2. The maximum atomic E-state index is 13.0. The van der Waals surface area contributed by atoms with E-state index in [9.17, 15) is 13.6 Å². The van der Waals surface area contributed by atoms with Crippen molar-refractivity contribution in [2.45, 2.75) is 6.54 Å².